The van der Waals surface area contributed by atoms with Crippen LogP contribution in [-0.2, 0) is 4.79 Å². The van der Waals surface area contributed by atoms with Gasteiger partial charge in [-0.15, -0.1) is 0 Å². The first-order valence-corrected chi connectivity index (χ1v) is 5.85. The highest BCUT2D eigenvalue weighted by Gasteiger charge is 2.22. The van der Waals surface area contributed by atoms with Gasteiger partial charge in [0.1, 0.15) is 0 Å². The summed E-state index contributed by atoms with van der Waals surface area (Å²) < 4.78 is 0. The summed E-state index contributed by atoms with van der Waals surface area (Å²) in [5.41, 5.74) is 5.93. The number of aliphatic imine (C=N–C) groups is 1. The fourth-order valence-electron chi connectivity index (χ4n) is 2.38. The van der Waals surface area contributed by atoms with Crippen LogP contribution in [0.5, 0.6) is 0 Å². The molecule has 1 unspecified atom stereocenters. The number of hydrogen-bond acceptors (Lipinski definition) is 2. The van der Waals surface area contributed by atoms with Gasteiger partial charge < -0.3 is 11.1 Å². The van der Waals surface area contributed by atoms with Crippen molar-refractivity contribution in [1.82, 2.24) is 5.32 Å². The topological polar surface area (TPSA) is 67.5 Å². The van der Waals surface area contributed by atoms with E-state index >= 15 is 0 Å². The largest absolute Gasteiger partial charge is 0.387 e. The predicted octanol–water partition coefficient (Wildman–Crippen LogP) is 0.812. The van der Waals surface area contributed by atoms with Crippen molar-refractivity contribution in [2.24, 2.45) is 16.6 Å². The van der Waals surface area contributed by atoms with Crippen LogP contribution in [0, 0.1) is 5.92 Å². The van der Waals surface area contributed by atoms with Crippen LogP contribution in [0.1, 0.15) is 38.5 Å². The molecule has 1 aliphatic heterocycles. The first-order valence-electron chi connectivity index (χ1n) is 5.85. The van der Waals surface area contributed by atoms with Crippen LogP contribution in [0.15, 0.2) is 4.99 Å². The number of nitrogens with one attached hydrogen (secondary N) is 1. The second kappa shape index (κ2) is 4.64. The lowest BCUT2D eigenvalue weighted by molar-refractivity contribution is -0.119. The molecule has 1 saturated heterocycles. The van der Waals surface area contributed by atoms with E-state index in [4.69, 9.17) is 5.73 Å². The molecular formula is C11H19N3O. The number of amides is 1. The third kappa shape index (κ3) is 2.70. The van der Waals surface area contributed by atoms with Crippen LogP contribution in [0.3, 0.4) is 0 Å². The SMILES string of the molecule is NC(=NCC1CCC(=O)N1)C1CCCC1. The number of hydrogen-bond donors (Lipinski definition) is 2. The maximum atomic E-state index is 11.0. The molecule has 3 N–H and O–H groups in total. The molecule has 2 rings (SSSR count). The van der Waals surface area contributed by atoms with E-state index in [1.165, 1.54) is 25.7 Å². The van der Waals surface area contributed by atoms with Gasteiger partial charge in [0, 0.05) is 18.4 Å². The smallest absolute Gasteiger partial charge is 0.220 e. The highest BCUT2D eigenvalue weighted by atomic mass is 16.1. The van der Waals surface area contributed by atoms with Gasteiger partial charge in [-0.1, -0.05) is 12.8 Å². The van der Waals surface area contributed by atoms with E-state index in [0.717, 1.165) is 12.3 Å². The minimum atomic E-state index is 0.148. The van der Waals surface area contributed by atoms with Crippen molar-refractivity contribution in [2.75, 3.05) is 6.54 Å². The van der Waals surface area contributed by atoms with Gasteiger partial charge in [0.25, 0.3) is 0 Å². The van der Waals surface area contributed by atoms with Gasteiger partial charge in [0.15, 0.2) is 0 Å². The molecule has 1 atom stereocenters. The molecular weight excluding hydrogens is 190 g/mol. The lowest BCUT2D eigenvalue weighted by atomic mass is 10.1. The Hall–Kier alpha value is -1.06. The Kier molecular flexibility index (Phi) is 3.23. The lowest BCUT2D eigenvalue weighted by Crippen LogP contribution is -2.30. The van der Waals surface area contributed by atoms with Crippen molar-refractivity contribution in [2.45, 2.75) is 44.6 Å². The number of carbonyl (C=O) groups is 1. The average molecular weight is 209 g/mol. The predicted molar refractivity (Wildman–Crippen MR) is 59.6 cm³/mol. The Balaban J connectivity index is 1.79. The molecule has 1 amide bonds. The molecule has 84 valence electrons. The zero-order valence-corrected chi connectivity index (χ0v) is 9.04. The van der Waals surface area contributed by atoms with Crippen LogP contribution >= 0.6 is 0 Å². The van der Waals surface area contributed by atoms with Crippen molar-refractivity contribution < 1.29 is 4.79 Å². The molecule has 1 heterocycles. The molecule has 1 saturated carbocycles. The van der Waals surface area contributed by atoms with E-state index in [-0.39, 0.29) is 11.9 Å². The summed E-state index contributed by atoms with van der Waals surface area (Å²) >= 11 is 0. The highest BCUT2D eigenvalue weighted by Crippen LogP contribution is 2.24. The number of rotatable bonds is 3. The zero-order valence-electron chi connectivity index (χ0n) is 9.04. The van der Waals surface area contributed by atoms with Gasteiger partial charge in [0.05, 0.1) is 12.4 Å². The zero-order chi connectivity index (χ0) is 10.7. The van der Waals surface area contributed by atoms with Crippen LogP contribution in [-0.4, -0.2) is 24.3 Å². The molecule has 0 aromatic carbocycles. The quantitative estimate of drug-likeness (QED) is 0.533. The first kappa shape index (κ1) is 10.5. The molecule has 2 fully saturated rings. The van der Waals surface area contributed by atoms with E-state index in [9.17, 15) is 4.79 Å². The van der Waals surface area contributed by atoms with Crippen molar-refractivity contribution >= 4 is 11.7 Å². The Morgan fingerprint density at radius 3 is 2.73 bits per heavy atom. The molecule has 4 nitrogen and oxygen atoms in total. The molecule has 0 bridgehead atoms. The second-order valence-corrected chi connectivity index (χ2v) is 4.55. The Labute approximate surface area is 90.3 Å². The first-order chi connectivity index (χ1) is 7.25. The molecule has 1 aliphatic carbocycles. The highest BCUT2D eigenvalue weighted by molar-refractivity contribution is 5.83. The summed E-state index contributed by atoms with van der Waals surface area (Å²) in [6.07, 6.45) is 6.48. The van der Waals surface area contributed by atoms with E-state index in [1.54, 1.807) is 0 Å². The fraction of sp³-hybridized carbons (Fsp3) is 0.818. The van der Waals surface area contributed by atoms with Gasteiger partial charge in [0.2, 0.25) is 5.91 Å². The maximum absolute atomic E-state index is 11.0. The monoisotopic (exact) mass is 209 g/mol. The standard InChI is InChI=1S/C11H19N3O/c12-11(8-3-1-2-4-8)13-7-9-5-6-10(15)14-9/h8-9H,1-7H2,(H2,12,13)(H,14,15). The van der Waals surface area contributed by atoms with Crippen molar-refractivity contribution in [3.05, 3.63) is 0 Å². The minimum absolute atomic E-state index is 0.148. The third-order valence-corrected chi connectivity index (χ3v) is 3.35. The third-order valence-electron chi connectivity index (χ3n) is 3.35. The molecule has 15 heavy (non-hydrogen) atoms. The van der Waals surface area contributed by atoms with Crippen molar-refractivity contribution in [3.8, 4) is 0 Å². The summed E-state index contributed by atoms with van der Waals surface area (Å²) in [6, 6.07) is 0.220. The number of nitrogens with two attached hydrogens (primary N) is 1. The molecule has 0 radical (unpaired) electrons. The molecule has 2 aliphatic rings. The summed E-state index contributed by atoms with van der Waals surface area (Å²) in [5, 5.41) is 2.90. The summed E-state index contributed by atoms with van der Waals surface area (Å²) in [7, 11) is 0. The summed E-state index contributed by atoms with van der Waals surface area (Å²) in [5.74, 6) is 1.45. The number of carbonyl (C=O) groups excluding carboxylic acids is 1. The van der Waals surface area contributed by atoms with Gasteiger partial charge >= 0.3 is 0 Å². The van der Waals surface area contributed by atoms with Gasteiger partial charge in [-0.2, -0.15) is 0 Å². The molecule has 0 spiro atoms. The average Bonchev–Trinajstić information content (AvgIpc) is 2.84. The van der Waals surface area contributed by atoms with Crippen LogP contribution in [0.2, 0.25) is 0 Å². The lowest BCUT2D eigenvalue weighted by Gasteiger charge is -2.10. The molecule has 0 aromatic heterocycles. The molecule has 0 aromatic rings. The van der Waals surface area contributed by atoms with E-state index in [2.05, 4.69) is 10.3 Å². The fourth-order valence-corrected chi connectivity index (χ4v) is 2.38. The van der Waals surface area contributed by atoms with Crippen molar-refractivity contribution in [3.63, 3.8) is 0 Å². The molecule has 4 heteroatoms. The Morgan fingerprint density at radius 1 is 1.40 bits per heavy atom. The van der Waals surface area contributed by atoms with E-state index in [1.807, 2.05) is 0 Å². The van der Waals surface area contributed by atoms with Crippen LogP contribution in [0.4, 0.5) is 0 Å². The Bertz CT molecular complexity index is 269. The van der Waals surface area contributed by atoms with Crippen molar-refractivity contribution in [1.29, 1.82) is 0 Å². The van der Waals surface area contributed by atoms with E-state index < -0.39 is 0 Å². The Morgan fingerprint density at radius 2 is 2.13 bits per heavy atom. The summed E-state index contributed by atoms with van der Waals surface area (Å²) in [6.45, 7) is 0.661. The van der Waals surface area contributed by atoms with Gasteiger partial charge in [-0.05, 0) is 19.3 Å². The van der Waals surface area contributed by atoms with Crippen LogP contribution in [0.25, 0.3) is 0 Å². The number of amidine groups is 1. The normalized spacial score (nSPS) is 28.4. The summed E-state index contributed by atoms with van der Waals surface area (Å²) in [4.78, 5) is 15.4. The van der Waals surface area contributed by atoms with Crippen LogP contribution < -0.4 is 11.1 Å². The number of nitrogens with zero attached hydrogens (tertiary/aromatic N) is 1. The second-order valence-electron chi connectivity index (χ2n) is 4.55. The minimum Gasteiger partial charge on any atom is -0.387 e. The maximum Gasteiger partial charge on any atom is 0.220 e. The van der Waals surface area contributed by atoms with Gasteiger partial charge in [-0.3, -0.25) is 9.79 Å². The van der Waals surface area contributed by atoms with E-state index in [0.29, 0.717) is 18.9 Å². The van der Waals surface area contributed by atoms with Gasteiger partial charge in [-0.25, -0.2) is 0 Å².